The molecule has 0 fully saturated rings. The second kappa shape index (κ2) is 6.74. The molecule has 0 heterocycles. The Labute approximate surface area is 132 Å². The summed E-state index contributed by atoms with van der Waals surface area (Å²) < 4.78 is 10.0. The summed E-state index contributed by atoms with van der Waals surface area (Å²) in [5.74, 6) is -0.824. The number of hydrogen-bond donors (Lipinski definition) is 3. The Kier molecular flexibility index (Phi) is 4.75. The molecule has 0 radical (unpaired) electrons. The molecule has 3 N–H and O–H groups in total. The zero-order chi connectivity index (χ0) is 17.0. The molecular weight excluding hydrogens is 300 g/mol. The number of carboxylic acids is 1. The lowest BCUT2D eigenvalue weighted by Gasteiger charge is -2.08. The van der Waals surface area contributed by atoms with Gasteiger partial charge in [0.1, 0.15) is 0 Å². The van der Waals surface area contributed by atoms with Gasteiger partial charge < -0.3 is 24.8 Å². The predicted molar refractivity (Wildman–Crippen MR) is 84.8 cm³/mol. The number of carboxylic acid groups (broad SMARTS) is 1. The van der Waals surface area contributed by atoms with Crippen molar-refractivity contribution >= 4 is 17.6 Å². The third kappa shape index (κ3) is 3.55. The van der Waals surface area contributed by atoms with Crippen LogP contribution in [0.1, 0.15) is 11.1 Å². The van der Waals surface area contributed by atoms with Crippen molar-refractivity contribution in [3.63, 3.8) is 0 Å². The summed E-state index contributed by atoms with van der Waals surface area (Å²) in [6, 6.07) is 8.79. The first kappa shape index (κ1) is 16.2. The molecule has 120 valence electrons. The van der Waals surface area contributed by atoms with Crippen molar-refractivity contribution < 1.29 is 29.6 Å². The number of phenolic OH excluding ortho intramolecular Hbond substituents is 2. The molecule has 0 bridgehead atoms. The first-order valence-corrected chi connectivity index (χ1v) is 6.65. The SMILES string of the molecule is COc1cc(C=C(C(=O)O)c2ccc(O)c(OC)c2)ccc1O. The highest BCUT2D eigenvalue weighted by atomic mass is 16.5. The number of methoxy groups -OCH3 is 2. The van der Waals surface area contributed by atoms with Gasteiger partial charge in [0, 0.05) is 0 Å². The first-order chi connectivity index (χ1) is 11.0. The van der Waals surface area contributed by atoms with Gasteiger partial charge in [-0.2, -0.15) is 0 Å². The van der Waals surface area contributed by atoms with E-state index in [0.29, 0.717) is 11.1 Å². The van der Waals surface area contributed by atoms with Crippen molar-refractivity contribution in [1.29, 1.82) is 0 Å². The van der Waals surface area contributed by atoms with Crippen LogP contribution in [-0.2, 0) is 4.79 Å². The van der Waals surface area contributed by atoms with E-state index in [9.17, 15) is 20.1 Å². The number of phenols is 2. The van der Waals surface area contributed by atoms with Crippen molar-refractivity contribution in [1.82, 2.24) is 0 Å². The van der Waals surface area contributed by atoms with E-state index in [1.54, 1.807) is 6.07 Å². The molecule has 0 aliphatic heterocycles. The van der Waals surface area contributed by atoms with Crippen LogP contribution in [0.5, 0.6) is 23.0 Å². The molecule has 0 saturated carbocycles. The van der Waals surface area contributed by atoms with Crippen LogP contribution in [0, 0.1) is 0 Å². The highest BCUT2D eigenvalue weighted by Crippen LogP contribution is 2.32. The van der Waals surface area contributed by atoms with Gasteiger partial charge in [0.15, 0.2) is 23.0 Å². The molecule has 2 aromatic rings. The van der Waals surface area contributed by atoms with Crippen LogP contribution in [0.4, 0.5) is 0 Å². The van der Waals surface area contributed by atoms with E-state index in [1.165, 1.54) is 50.6 Å². The fourth-order valence-electron chi connectivity index (χ4n) is 2.06. The third-order valence-electron chi connectivity index (χ3n) is 3.24. The molecule has 23 heavy (non-hydrogen) atoms. The fraction of sp³-hybridized carbons (Fsp3) is 0.118. The molecular formula is C17H16O6. The first-order valence-electron chi connectivity index (χ1n) is 6.65. The second-order valence-electron chi connectivity index (χ2n) is 4.68. The zero-order valence-electron chi connectivity index (χ0n) is 12.6. The number of benzene rings is 2. The van der Waals surface area contributed by atoms with Gasteiger partial charge in [0.25, 0.3) is 0 Å². The fourth-order valence-corrected chi connectivity index (χ4v) is 2.06. The number of aliphatic carboxylic acids is 1. The minimum absolute atomic E-state index is 0.0102. The Bertz CT molecular complexity index is 764. The monoisotopic (exact) mass is 316 g/mol. The molecule has 2 rings (SSSR count). The van der Waals surface area contributed by atoms with Gasteiger partial charge in [-0.15, -0.1) is 0 Å². The van der Waals surface area contributed by atoms with Crippen molar-refractivity contribution in [2.24, 2.45) is 0 Å². The van der Waals surface area contributed by atoms with Gasteiger partial charge in [0.05, 0.1) is 19.8 Å². The minimum Gasteiger partial charge on any atom is -0.504 e. The van der Waals surface area contributed by atoms with E-state index in [2.05, 4.69) is 0 Å². The minimum atomic E-state index is -1.13. The number of rotatable bonds is 5. The Morgan fingerprint density at radius 3 is 2.09 bits per heavy atom. The number of aromatic hydroxyl groups is 2. The van der Waals surface area contributed by atoms with Crippen LogP contribution in [0.15, 0.2) is 36.4 Å². The number of carbonyl (C=O) groups is 1. The molecule has 0 spiro atoms. The van der Waals surface area contributed by atoms with Crippen LogP contribution in [0.3, 0.4) is 0 Å². The summed E-state index contributed by atoms with van der Waals surface area (Å²) in [6.07, 6.45) is 1.44. The van der Waals surface area contributed by atoms with Crippen LogP contribution in [0.2, 0.25) is 0 Å². The van der Waals surface area contributed by atoms with Gasteiger partial charge in [0.2, 0.25) is 0 Å². The molecule has 0 unspecified atom stereocenters. The lowest BCUT2D eigenvalue weighted by atomic mass is 10.0. The quantitative estimate of drug-likeness (QED) is 0.580. The van der Waals surface area contributed by atoms with Gasteiger partial charge in [-0.05, 0) is 41.5 Å². The highest BCUT2D eigenvalue weighted by molar-refractivity contribution is 6.20. The second-order valence-corrected chi connectivity index (χ2v) is 4.68. The summed E-state index contributed by atoms with van der Waals surface area (Å²) in [6.45, 7) is 0. The predicted octanol–water partition coefficient (Wildman–Crippen LogP) is 2.74. The molecule has 0 aliphatic carbocycles. The van der Waals surface area contributed by atoms with E-state index < -0.39 is 5.97 Å². The number of hydrogen-bond acceptors (Lipinski definition) is 5. The number of ether oxygens (including phenoxy) is 2. The molecule has 0 aromatic heterocycles. The lowest BCUT2D eigenvalue weighted by molar-refractivity contribution is -0.130. The maximum Gasteiger partial charge on any atom is 0.336 e. The van der Waals surface area contributed by atoms with E-state index in [-0.39, 0.29) is 28.6 Å². The van der Waals surface area contributed by atoms with E-state index >= 15 is 0 Å². The van der Waals surface area contributed by atoms with Crippen molar-refractivity contribution in [3.05, 3.63) is 47.5 Å². The average Bonchev–Trinajstić information content (AvgIpc) is 2.54. The summed E-state index contributed by atoms with van der Waals surface area (Å²) >= 11 is 0. The van der Waals surface area contributed by atoms with Crippen molar-refractivity contribution in [2.45, 2.75) is 0 Å². The maximum absolute atomic E-state index is 11.6. The summed E-state index contributed by atoms with van der Waals surface area (Å²) in [4.78, 5) is 11.6. The van der Waals surface area contributed by atoms with Crippen LogP contribution in [0.25, 0.3) is 11.6 Å². The molecule has 2 aromatic carbocycles. The van der Waals surface area contributed by atoms with E-state index in [0.717, 1.165) is 0 Å². The maximum atomic E-state index is 11.6. The lowest BCUT2D eigenvalue weighted by Crippen LogP contribution is -2.00. The van der Waals surface area contributed by atoms with E-state index in [1.807, 2.05) is 0 Å². The van der Waals surface area contributed by atoms with Crippen LogP contribution in [-0.4, -0.2) is 35.5 Å². The normalized spacial score (nSPS) is 11.1. The smallest absolute Gasteiger partial charge is 0.336 e. The van der Waals surface area contributed by atoms with E-state index in [4.69, 9.17) is 9.47 Å². The van der Waals surface area contributed by atoms with Crippen LogP contribution < -0.4 is 9.47 Å². The topological polar surface area (TPSA) is 96.2 Å². The highest BCUT2D eigenvalue weighted by Gasteiger charge is 2.14. The molecule has 6 heteroatoms. The van der Waals surface area contributed by atoms with Gasteiger partial charge in [-0.1, -0.05) is 12.1 Å². The third-order valence-corrected chi connectivity index (χ3v) is 3.24. The molecule has 0 amide bonds. The zero-order valence-corrected chi connectivity index (χ0v) is 12.6. The summed E-state index contributed by atoms with van der Waals surface area (Å²) in [5.41, 5.74) is 0.930. The molecule has 0 aliphatic rings. The van der Waals surface area contributed by atoms with Gasteiger partial charge in [-0.3, -0.25) is 0 Å². The van der Waals surface area contributed by atoms with Gasteiger partial charge in [-0.25, -0.2) is 4.79 Å². The molecule has 0 atom stereocenters. The van der Waals surface area contributed by atoms with Crippen LogP contribution >= 0.6 is 0 Å². The Balaban J connectivity index is 2.52. The van der Waals surface area contributed by atoms with Gasteiger partial charge >= 0.3 is 5.97 Å². The molecule has 0 saturated heterocycles. The Hall–Kier alpha value is -3.15. The summed E-state index contributed by atoms with van der Waals surface area (Å²) in [7, 11) is 2.79. The van der Waals surface area contributed by atoms with Crippen molar-refractivity contribution in [2.75, 3.05) is 14.2 Å². The molecule has 6 nitrogen and oxygen atoms in total. The Morgan fingerprint density at radius 2 is 1.52 bits per heavy atom. The average molecular weight is 316 g/mol. The summed E-state index contributed by atoms with van der Waals surface area (Å²) in [5, 5.41) is 28.6. The van der Waals surface area contributed by atoms with Crippen molar-refractivity contribution in [3.8, 4) is 23.0 Å². The standard InChI is InChI=1S/C17H16O6/c1-22-15-8-10(3-5-13(15)18)7-12(17(20)21)11-4-6-14(19)16(9-11)23-2/h3-9,18-19H,1-2H3,(H,20,21). The Morgan fingerprint density at radius 1 is 0.957 bits per heavy atom. The largest absolute Gasteiger partial charge is 0.504 e.